The smallest absolute Gasteiger partial charge is 0.220 e. The van der Waals surface area contributed by atoms with Crippen LogP contribution in [0, 0.1) is 5.92 Å². The summed E-state index contributed by atoms with van der Waals surface area (Å²) < 4.78 is 2.33. The number of amides is 1. The van der Waals surface area contributed by atoms with Gasteiger partial charge in [-0.2, -0.15) is 0 Å². The van der Waals surface area contributed by atoms with E-state index >= 15 is 0 Å². The van der Waals surface area contributed by atoms with Crippen molar-refractivity contribution in [2.75, 3.05) is 5.75 Å². The highest BCUT2D eigenvalue weighted by atomic mass is 32.2. The molecule has 1 aromatic heterocycles. The number of carbonyl (C=O) groups is 1. The maximum atomic E-state index is 11.8. The minimum Gasteiger partial charge on any atom is -0.353 e. The van der Waals surface area contributed by atoms with Crippen LogP contribution in [-0.4, -0.2) is 22.7 Å². The van der Waals surface area contributed by atoms with Gasteiger partial charge in [0.05, 0.1) is 10.2 Å². The molecule has 3 rings (SSSR count). The SMILES string of the molecule is C[C@H](NC(=O)CCCSc1nc2ccccc2s1)C1CC1. The molecule has 1 aliphatic rings. The molecular formula is C16H20N2OS2. The average Bonchev–Trinajstić information content (AvgIpc) is 3.23. The lowest BCUT2D eigenvalue weighted by atomic mass is 10.2. The van der Waals surface area contributed by atoms with Gasteiger partial charge in [-0.05, 0) is 44.2 Å². The first-order chi connectivity index (χ1) is 10.2. The first-order valence-corrected chi connectivity index (χ1v) is 9.30. The molecule has 1 atom stereocenters. The predicted octanol–water partition coefficient (Wildman–Crippen LogP) is 4.08. The van der Waals surface area contributed by atoms with Crippen LogP contribution in [0.2, 0.25) is 0 Å². The monoisotopic (exact) mass is 320 g/mol. The van der Waals surface area contributed by atoms with E-state index in [1.54, 1.807) is 23.1 Å². The fraction of sp³-hybridized carbons (Fsp3) is 0.500. The van der Waals surface area contributed by atoms with Crippen LogP contribution in [0.4, 0.5) is 0 Å². The van der Waals surface area contributed by atoms with E-state index < -0.39 is 0 Å². The van der Waals surface area contributed by atoms with Gasteiger partial charge in [0.25, 0.3) is 0 Å². The van der Waals surface area contributed by atoms with Gasteiger partial charge in [0.1, 0.15) is 0 Å². The summed E-state index contributed by atoms with van der Waals surface area (Å²) in [6, 6.07) is 8.56. The molecule has 1 N–H and O–H groups in total. The van der Waals surface area contributed by atoms with Crippen LogP contribution in [-0.2, 0) is 4.79 Å². The van der Waals surface area contributed by atoms with Gasteiger partial charge in [-0.25, -0.2) is 4.98 Å². The lowest BCUT2D eigenvalue weighted by molar-refractivity contribution is -0.121. The van der Waals surface area contributed by atoms with Gasteiger partial charge in [-0.15, -0.1) is 11.3 Å². The molecule has 112 valence electrons. The molecule has 0 radical (unpaired) electrons. The van der Waals surface area contributed by atoms with Gasteiger partial charge < -0.3 is 5.32 Å². The highest BCUT2D eigenvalue weighted by Crippen LogP contribution is 2.32. The normalized spacial score (nSPS) is 16.0. The fourth-order valence-electron chi connectivity index (χ4n) is 2.35. The van der Waals surface area contributed by atoms with Crippen molar-refractivity contribution < 1.29 is 4.79 Å². The van der Waals surface area contributed by atoms with Crippen LogP contribution < -0.4 is 5.32 Å². The first-order valence-electron chi connectivity index (χ1n) is 7.50. The number of nitrogens with one attached hydrogen (secondary N) is 1. The van der Waals surface area contributed by atoms with Gasteiger partial charge >= 0.3 is 0 Å². The van der Waals surface area contributed by atoms with Crippen molar-refractivity contribution in [3.05, 3.63) is 24.3 Å². The molecule has 2 aromatic rings. The Labute approximate surface area is 133 Å². The number of benzene rings is 1. The highest BCUT2D eigenvalue weighted by molar-refractivity contribution is 8.01. The van der Waals surface area contributed by atoms with E-state index in [1.807, 2.05) is 18.2 Å². The van der Waals surface area contributed by atoms with Crippen LogP contribution in [0.5, 0.6) is 0 Å². The van der Waals surface area contributed by atoms with Gasteiger partial charge in [0.15, 0.2) is 4.34 Å². The molecule has 1 saturated carbocycles. The van der Waals surface area contributed by atoms with Gasteiger partial charge in [-0.1, -0.05) is 23.9 Å². The number of thiazole rings is 1. The maximum absolute atomic E-state index is 11.8. The van der Waals surface area contributed by atoms with Crippen LogP contribution >= 0.6 is 23.1 Å². The van der Waals surface area contributed by atoms with Gasteiger partial charge in [0, 0.05) is 18.2 Å². The van der Waals surface area contributed by atoms with Crippen LogP contribution in [0.15, 0.2) is 28.6 Å². The molecule has 1 heterocycles. The third kappa shape index (κ3) is 4.20. The molecule has 0 unspecified atom stereocenters. The highest BCUT2D eigenvalue weighted by Gasteiger charge is 2.28. The summed E-state index contributed by atoms with van der Waals surface area (Å²) in [5.74, 6) is 1.87. The maximum Gasteiger partial charge on any atom is 0.220 e. The van der Waals surface area contributed by atoms with E-state index in [0.29, 0.717) is 12.5 Å². The van der Waals surface area contributed by atoms with E-state index in [1.165, 1.54) is 17.5 Å². The molecule has 5 heteroatoms. The minimum absolute atomic E-state index is 0.194. The van der Waals surface area contributed by atoms with E-state index in [-0.39, 0.29) is 5.91 Å². The summed E-state index contributed by atoms with van der Waals surface area (Å²) in [5.41, 5.74) is 1.07. The summed E-state index contributed by atoms with van der Waals surface area (Å²) in [7, 11) is 0. The van der Waals surface area contributed by atoms with Crippen molar-refractivity contribution in [2.24, 2.45) is 5.92 Å². The molecule has 1 fully saturated rings. The minimum atomic E-state index is 0.194. The van der Waals surface area contributed by atoms with E-state index in [9.17, 15) is 4.79 Å². The second-order valence-electron chi connectivity index (χ2n) is 5.59. The lowest BCUT2D eigenvalue weighted by Gasteiger charge is -2.12. The van der Waals surface area contributed by atoms with E-state index in [0.717, 1.165) is 27.9 Å². The molecule has 1 aliphatic carbocycles. The molecule has 0 bridgehead atoms. The number of para-hydroxylation sites is 1. The Morgan fingerprint density at radius 2 is 2.29 bits per heavy atom. The number of hydrogen-bond donors (Lipinski definition) is 1. The number of nitrogens with zero attached hydrogens (tertiary/aromatic N) is 1. The Morgan fingerprint density at radius 1 is 1.48 bits per heavy atom. The quantitative estimate of drug-likeness (QED) is 0.617. The molecule has 1 amide bonds. The molecule has 21 heavy (non-hydrogen) atoms. The third-order valence-electron chi connectivity index (χ3n) is 3.77. The van der Waals surface area contributed by atoms with E-state index in [2.05, 4.69) is 23.3 Å². The molecule has 0 aliphatic heterocycles. The number of carbonyl (C=O) groups excluding carboxylic acids is 1. The largest absolute Gasteiger partial charge is 0.353 e. The summed E-state index contributed by atoms with van der Waals surface area (Å²) in [5, 5.41) is 3.10. The predicted molar refractivity (Wildman–Crippen MR) is 89.9 cm³/mol. The van der Waals surface area contributed by atoms with Crippen molar-refractivity contribution >= 4 is 39.2 Å². The second-order valence-corrected chi connectivity index (χ2v) is 7.97. The first kappa shape index (κ1) is 14.9. The Bertz CT molecular complexity index is 589. The topological polar surface area (TPSA) is 42.0 Å². The van der Waals surface area contributed by atoms with Crippen LogP contribution in [0.3, 0.4) is 0 Å². The van der Waals surface area contributed by atoms with Gasteiger partial charge in [0.2, 0.25) is 5.91 Å². The Balaban J connectivity index is 1.38. The Morgan fingerprint density at radius 3 is 3.05 bits per heavy atom. The molecule has 0 spiro atoms. The lowest BCUT2D eigenvalue weighted by Crippen LogP contribution is -2.33. The molecule has 1 aromatic carbocycles. The fourth-order valence-corrected chi connectivity index (χ4v) is 4.42. The summed E-state index contributed by atoms with van der Waals surface area (Å²) in [6.45, 7) is 2.12. The van der Waals surface area contributed by atoms with Crippen molar-refractivity contribution in [2.45, 2.75) is 43.0 Å². The number of rotatable bonds is 7. The van der Waals surface area contributed by atoms with Crippen LogP contribution in [0.1, 0.15) is 32.6 Å². The molecular weight excluding hydrogens is 300 g/mol. The van der Waals surface area contributed by atoms with Crippen molar-refractivity contribution in [1.82, 2.24) is 10.3 Å². The van der Waals surface area contributed by atoms with Gasteiger partial charge in [-0.3, -0.25) is 4.79 Å². The standard InChI is InChI=1S/C16H20N2OS2/c1-11(12-8-9-12)17-15(19)7-4-10-20-16-18-13-5-2-3-6-14(13)21-16/h2-3,5-6,11-12H,4,7-10H2,1H3,(H,17,19)/t11-/m0/s1. The summed E-state index contributed by atoms with van der Waals surface area (Å²) >= 11 is 3.48. The van der Waals surface area contributed by atoms with Crippen molar-refractivity contribution in [3.8, 4) is 0 Å². The molecule has 3 nitrogen and oxygen atoms in total. The van der Waals surface area contributed by atoms with Crippen LogP contribution in [0.25, 0.3) is 10.2 Å². The second kappa shape index (κ2) is 6.79. The van der Waals surface area contributed by atoms with Crippen molar-refractivity contribution in [1.29, 1.82) is 0 Å². The number of thioether (sulfide) groups is 1. The number of hydrogen-bond acceptors (Lipinski definition) is 4. The zero-order chi connectivity index (χ0) is 14.7. The summed E-state index contributed by atoms with van der Waals surface area (Å²) in [6.07, 6.45) is 4.07. The van der Waals surface area contributed by atoms with Crippen molar-refractivity contribution in [3.63, 3.8) is 0 Å². The Kier molecular flexibility index (Phi) is 4.80. The Hall–Kier alpha value is -1.07. The number of aromatic nitrogens is 1. The van der Waals surface area contributed by atoms with E-state index in [4.69, 9.17) is 0 Å². The number of fused-ring (bicyclic) bond motifs is 1. The zero-order valence-electron chi connectivity index (χ0n) is 12.2. The molecule has 0 saturated heterocycles. The zero-order valence-corrected chi connectivity index (χ0v) is 13.8. The third-order valence-corrected chi connectivity index (χ3v) is 6.03. The average molecular weight is 320 g/mol. The summed E-state index contributed by atoms with van der Waals surface area (Å²) in [4.78, 5) is 16.4.